The number of hydrogen-bond acceptors (Lipinski definition) is 3. The molecule has 0 saturated carbocycles. The van der Waals surface area contributed by atoms with Gasteiger partial charge >= 0.3 is 6.03 Å². The lowest BCUT2D eigenvalue weighted by Crippen LogP contribution is -2.44. The fourth-order valence-corrected chi connectivity index (χ4v) is 3.26. The summed E-state index contributed by atoms with van der Waals surface area (Å²) < 4.78 is 5.82. The van der Waals surface area contributed by atoms with Gasteiger partial charge in [0.05, 0.1) is 6.54 Å². The number of para-hydroxylation sites is 1. The van der Waals surface area contributed by atoms with Gasteiger partial charge in [-0.25, -0.2) is 4.79 Å². The number of rotatable bonds is 7. The Morgan fingerprint density at radius 2 is 2.04 bits per heavy atom. The second-order valence-electron chi connectivity index (χ2n) is 8.16. The molecule has 1 heterocycles. The van der Waals surface area contributed by atoms with Crippen molar-refractivity contribution in [2.75, 3.05) is 33.3 Å². The molecule has 1 aromatic carbocycles. The first kappa shape index (κ1) is 21.1. The molecule has 1 aliphatic heterocycles. The molecule has 1 N–H and O–H groups in total. The number of carbonyl (C=O) groups is 2. The summed E-state index contributed by atoms with van der Waals surface area (Å²) in [7, 11) is 1.76. The quantitative estimate of drug-likeness (QED) is 0.797. The van der Waals surface area contributed by atoms with Crippen molar-refractivity contribution >= 4 is 11.9 Å². The van der Waals surface area contributed by atoms with Crippen LogP contribution in [0, 0.1) is 5.92 Å². The van der Waals surface area contributed by atoms with Crippen LogP contribution in [0.25, 0.3) is 0 Å². The third kappa shape index (κ3) is 5.88. The highest BCUT2D eigenvalue weighted by molar-refractivity contribution is 5.79. The largest absolute Gasteiger partial charge is 0.491 e. The van der Waals surface area contributed by atoms with E-state index < -0.39 is 0 Å². The standard InChI is InChI=1S/C21H33N3O3/c1-6-17-9-7-8-10-18(17)27-12-11-23(5)20(26)22-14-16-13-19(25)24(15-16)21(2,3)4/h7-10,16H,6,11-15H2,1-5H3,(H,22,26)/t16-/m0/s1. The molecule has 1 atom stereocenters. The smallest absolute Gasteiger partial charge is 0.317 e. The topological polar surface area (TPSA) is 61.9 Å². The highest BCUT2D eigenvalue weighted by Crippen LogP contribution is 2.25. The summed E-state index contributed by atoms with van der Waals surface area (Å²) in [6, 6.07) is 7.82. The van der Waals surface area contributed by atoms with Crippen LogP contribution in [0.2, 0.25) is 0 Å². The molecule has 0 bridgehead atoms. The lowest BCUT2D eigenvalue weighted by atomic mass is 10.1. The number of nitrogens with one attached hydrogen (secondary N) is 1. The maximum Gasteiger partial charge on any atom is 0.317 e. The van der Waals surface area contributed by atoms with E-state index in [9.17, 15) is 9.59 Å². The van der Waals surface area contributed by atoms with E-state index in [0.717, 1.165) is 12.2 Å². The highest BCUT2D eigenvalue weighted by Gasteiger charge is 2.36. The molecular formula is C21H33N3O3. The van der Waals surface area contributed by atoms with Crippen molar-refractivity contribution in [2.24, 2.45) is 5.92 Å². The van der Waals surface area contributed by atoms with Crippen LogP contribution < -0.4 is 10.1 Å². The zero-order valence-electron chi connectivity index (χ0n) is 17.2. The van der Waals surface area contributed by atoms with Gasteiger partial charge in [0.1, 0.15) is 12.4 Å². The van der Waals surface area contributed by atoms with E-state index in [1.165, 1.54) is 5.56 Å². The number of urea groups is 1. The Hall–Kier alpha value is -2.24. The summed E-state index contributed by atoms with van der Waals surface area (Å²) >= 11 is 0. The Kier molecular flexibility index (Phi) is 7.11. The first-order chi connectivity index (χ1) is 12.7. The molecule has 6 heteroatoms. The number of amides is 3. The number of likely N-dealkylation sites (N-methyl/N-ethyl adjacent to an activating group) is 1. The Morgan fingerprint density at radius 3 is 2.67 bits per heavy atom. The maximum absolute atomic E-state index is 12.3. The van der Waals surface area contributed by atoms with Gasteiger partial charge in [-0.1, -0.05) is 25.1 Å². The van der Waals surface area contributed by atoms with Crippen molar-refractivity contribution in [1.82, 2.24) is 15.1 Å². The number of ether oxygens (including phenoxy) is 1. The Bertz CT molecular complexity index is 654. The van der Waals surface area contributed by atoms with Crippen molar-refractivity contribution in [3.05, 3.63) is 29.8 Å². The number of carbonyl (C=O) groups excluding carboxylic acids is 2. The molecule has 27 heavy (non-hydrogen) atoms. The molecule has 0 aromatic heterocycles. The SMILES string of the molecule is CCc1ccccc1OCCN(C)C(=O)NC[C@@H]1CC(=O)N(C(C)(C)C)C1. The van der Waals surface area contributed by atoms with Gasteiger partial charge < -0.3 is 19.9 Å². The van der Waals surface area contributed by atoms with Crippen LogP contribution >= 0.6 is 0 Å². The van der Waals surface area contributed by atoms with Gasteiger partial charge in [-0.2, -0.15) is 0 Å². The fourth-order valence-electron chi connectivity index (χ4n) is 3.26. The Balaban J connectivity index is 1.72. The van der Waals surface area contributed by atoms with Gasteiger partial charge in [0, 0.05) is 38.0 Å². The molecule has 0 radical (unpaired) electrons. The maximum atomic E-state index is 12.3. The van der Waals surface area contributed by atoms with Crippen molar-refractivity contribution in [1.29, 1.82) is 0 Å². The van der Waals surface area contributed by atoms with E-state index in [-0.39, 0.29) is 23.4 Å². The van der Waals surface area contributed by atoms with Crippen LogP contribution in [0.4, 0.5) is 4.79 Å². The lowest BCUT2D eigenvalue weighted by Gasteiger charge is -2.32. The summed E-state index contributed by atoms with van der Waals surface area (Å²) in [6.45, 7) is 10.4. The van der Waals surface area contributed by atoms with Gasteiger partial charge in [-0.3, -0.25) is 4.79 Å². The van der Waals surface area contributed by atoms with Crippen LogP contribution in [0.1, 0.15) is 39.7 Å². The van der Waals surface area contributed by atoms with E-state index in [0.29, 0.717) is 32.7 Å². The third-order valence-electron chi connectivity index (χ3n) is 4.94. The first-order valence-electron chi connectivity index (χ1n) is 9.72. The molecule has 1 saturated heterocycles. The summed E-state index contributed by atoms with van der Waals surface area (Å²) in [4.78, 5) is 27.9. The van der Waals surface area contributed by atoms with Gasteiger partial charge in [0.2, 0.25) is 5.91 Å². The molecular weight excluding hydrogens is 342 g/mol. The van der Waals surface area contributed by atoms with Gasteiger partial charge in [0.15, 0.2) is 0 Å². The molecule has 1 aromatic rings. The summed E-state index contributed by atoms with van der Waals surface area (Å²) in [5, 5.41) is 2.94. The van der Waals surface area contributed by atoms with Gasteiger partial charge in [-0.15, -0.1) is 0 Å². The molecule has 0 unspecified atom stereocenters. The zero-order valence-corrected chi connectivity index (χ0v) is 17.2. The molecule has 3 amide bonds. The second kappa shape index (κ2) is 9.11. The molecule has 2 rings (SSSR count). The molecule has 6 nitrogen and oxygen atoms in total. The lowest BCUT2D eigenvalue weighted by molar-refractivity contribution is -0.131. The number of nitrogens with zero attached hydrogens (tertiary/aromatic N) is 2. The minimum Gasteiger partial charge on any atom is -0.491 e. The molecule has 0 aliphatic carbocycles. The minimum atomic E-state index is -0.168. The molecule has 1 fully saturated rings. The van der Waals surface area contributed by atoms with E-state index in [1.807, 2.05) is 43.9 Å². The van der Waals surface area contributed by atoms with Crippen LogP contribution in [-0.4, -0.2) is 60.6 Å². The monoisotopic (exact) mass is 375 g/mol. The second-order valence-corrected chi connectivity index (χ2v) is 8.16. The summed E-state index contributed by atoms with van der Waals surface area (Å²) in [5.74, 6) is 1.21. The van der Waals surface area contributed by atoms with E-state index >= 15 is 0 Å². The normalized spacial score (nSPS) is 17.1. The Morgan fingerprint density at radius 1 is 1.33 bits per heavy atom. The van der Waals surface area contributed by atoms with Gasteiger partial charge in [-0.05, 0) is 38.8 Å². The number of hydrogen-bond donors (Lipinski definition) is 1. The van der Waals surface area contributed by atoms with E-state index in [4.69, 9.17) is 4.74 Å². The number of aryl methyl sites for hydroxylation is 1. The van der Waals surface area contributed by atoms with Crippen LogP contribution in [0.3, 0.4) is 0 Å². The predicted octanol–water partition coefficient (Wildman–Crippen LogP) is 2.92. The fraction of sp³-hybridized carbons (Fsp3) is 0.619. The van der Waals surface area contributed by atoms with E-state index in [2.05, 4.69) is 18.3 Å². The summed E-state index contributed by atoms with van der Waals surface area (Å²) in [6.07, 6.45) is 1.41. The van der Waals surface area contributed by atoms with Crippen molar-refractivity contribution in [3.63, 3.8) is 0 Å². The van der Waals surface area contributed by atoms with Crippen LogP contribution in [0.15, 0.2) is 24.3 Å². The van der Waals surface area contributed by atoms with Crippen molar-refractivity contribution in [3.8, 4) is 5.75 Å². The molecule has 150 valence electrons. The minimum absolute atomic E-state index is 0.135. The van der Waals surface area contributed by atoms with Crippen LogP contribution in [0.5, 0.6) is 5.75 Å². The van der Waals surface area contributed by atoms with Crippen LogP contribution in [-0.2, 0) is 11.2 Å². The predicted molar refractivity (Wildman–Crippen MR) is 107 cm³/mol. The number of likely N-dealkylation sites (tertiary alicyclic amines) is 1. The van der Waals surface area contributed by atoms with Crippen molar-refractivity contribution < 1.29 is 14.3 Å². The van der Waals surface area contributed by atoms with Crippen molar-refractivity contribution in [2.45, 2.75) is 46.1 Å². The average Bonchev–Trinajstić information content (AvgIpc) is 3.01. The summed E-state index contributed by atoms with van der Waals surface area (Å²) in [5.41, 5.74) is 0.998. The molecule has 0 spiro atoms. The highest BCUT2D eigenvalue weighted by atomic mass is 16.5. The Labute approximate surface area is 162 Å². The van der Waals surface area contributed by atoms with E-state index in [1.54, 1.807) is 11.9 Å². The average molecular weight is 376 g/mol. The number of benzene rings is 1. The zero-order chi connectivity index (χ0) is 20.0. The molecule has 1 aliphatic rings. The third-order valence-corrected chi connectivity index (χ3v) is 4.94. The first-order valence-corrected chi connectivity index (χ1v) is 9.72. The van der Waals surface area contributed by atoms with Gasteiger partial charge in [0.25, 0.3) is 0 Å².